The van der Waals surface area contributed by atoms with E-state index in [1.165, 1.54) is 4.90 Å². The minimum atomic E-state index is -0.991. The van der Waals surface area contributed by atoms with Crippen molar-refractivity contribution in [2.75, 3.05) is 27.2 Å². The zero-order valence-electron chi connectivity index (χ0n) is 21.9. The van der Waals surface area contributed by atoms with Crippen molar-refractivity contribution in [3.63, 3.8) is 0 Å². The Kier molecular flexibility index (Phi) is 11.9. The van der Waals surface area contributed by atoms with Crippen LogP contribution in [0, 0.1) is 22.7 Å². The molecule has 1 aliphatic carbocycles. The Hall–Kier alpha value is -3.63. The van der Waals surface area contributed by atoms with Gasteiger partial charge in [-0.3, -0.25) is 25.2 Å². The molecular weight excluding hydrogens is 472 g/mol. The first-order valence-electron chi connectivity index (χ1n) is 12.9. The number of hydrogen-bond acceptors (Lipinski definition) is 5. The second-order valence-electron chi connectivity index (χ2n) is 9.82. The summed E-state index contributed by atoms with van der Waals surface area (Å²) in [5, 5.41) is 23.3. The first kappa shape index (κ1) is 29.6. The maximum atomic E-state index is 13.5. The molecule has 11 heteroatoms. The van der Waals surface area contributed by atoms with E-state index in [2.05, 4.69) is 16.0 Å². The summed E-state index contributed by atoms with van der Waals surface area (Å²) in [5.41, 5.74) is 12.1. The van der Waals surface area contributed by atoms with E-state index < -0.39 is 17.9 Å². The van der Waals surface area contributed by atoms with Gasteiger partial charge in [0.15, 0.2) is 5.96 Å². The van der Waals surface area contributed by atoms with Crippen LogP contribution in [0.4, 0.5) is 0 Å². The summed E-state index contributed by atoms with van der Waals surface area (Å²) in [6.45, 7) is 0.996. The lowest BCUT2D eigenvalue weighted by atomic mass is 9.83. The molecule has 1 fully saturated rings. The van der Waals surface area contributed by atoms with Crippen molar-refractivity contribution in [1.82, 2.24) is 20.9 Å². The summed E-state index contributed by atoms with van der Waals surface area (Å²) >= 11 is 0. The minimum absolute atomic E-state index is 0.0158. The maximum Gasteiger partial charge on any atom is 0.242 e. The van der Waals surface area contributed by atoms with Gasteiger partial charge in [-0.15, -0.1) is 0 Å². The Morgan fingerprint density at radius 3 is 2.08 bits per heavy atom. The molecule has 2 rings (SSSR count). The predicted molar refractivity (Wildman–Crippen MR) is 144 cm³/mol. The molecule has 0 saturated heterocycles. The van der Waals surface area contributed by atoms with Crippen LogP contribution in [-0.4, -0.2) is 67.6 Å². The lowest BCUT2D eigenvalue weighted by Crippen LogP contribution is -2.54. The highest BCUT2D eigenvalue weighted by Gasteiger charge is 2.35. The van der Waals surface area contributed by atoms with E-state index in [1.54, 1.807) is 38.4 Å². The van der Waals surface area contributed by atoms with E-state index in [1.807, 2.05) is 0 Å². The summed E-state index contributed by atoms with van der Waals surface area (Å²) in [7, 11) is 3.21. The van der Waals surface area contributed by atoms with Crippen molar-refractivity contribution in [1.29, 1.82) is 10.8 Å². The number of nitrogens with one attached hydrogen (secondary N) is 5. The molecule has 1 aromatic carbocycles. The average Bonchev–Trinajstić information content (AvgIpc) is 2.87. The third-order valence-corrected chi connectivity index (χ3v) is 6.68. The number of carbonyl (C=O) groups excluding carboxylic acids is 3. The lowest BCUT2D eigenvalue weighted by molar-refractivity contribution is -0.142. The van der Waals surface area contributed by atoms with Crippen molar-refractivity contribution in [2.24, 2.45) is 23.3 Å². The third-order valence-electron chi connectivity index (χ3n) is 6.68. The highest BCUT2D eigenvalue weighted by molar-refractivity contribution is 6.02. The zero-order valence-corrected chi connectivity index (χ0v) is 21.9. The van der Waals surface area contributed by atoms with Gasteiger partial charge in [0.25, 0.3) is 0 Å². The Labute approximate surface area is 219 Å². The first-order chi connectivity index (χ1) is 17.6. The van der Waals surface area contributed by atoms with Gasteiger partial charge in [0.2, 0.25) is 17.7 Å². The summed E-state index contributed by atoms with van der Waals surface area (Å²) in [5.74, 6) is -2.15. The van der Waals surface area contributed by atoms with Crippen LogP contribution in [0.25, 0.3) is 0 Å². The number of nitrogen functional groups attached to an aromatic ring is 1. The number of hydrogen-bond donors (Lipinski definition) is 7. The topological polar surface area (TPSA) is 190 Å². The number of rotatable bonds is 13. The molecule has 0 radical (unpaired) electrons. The van der Waals surface area contributed by atoms with Crippen LogP contribution >= 0.6 is 0 Å². The quantitative estimate of drug-likeness (QED) is 0.0875. The van der Waals surface area contributed by atoms with Crippen LogP contribution in [-0.2, 0) is 20.8 Å². The minimum Gasteiger partial charge on any atom is -0.384 e. The number of guanidine groups is 1. The van der Waals surface area contributed by atoms with Gasteiger partial charge in [0, 0.05) is 32.7 Å². The first-order valence-corrected chi connectivity index (χ1v) is 12.9. The molecule has 1 unspecified atom stereocenters. The van der Waals surface area contributed by atoms with Crippen LogP contribution in [0.1, 0.15) is 56.1 Å². The van der Waals surface area contributed by atoms with Gasteiger partial charge in [-0.05, 0) is 43.6 Å². The Morgan fingerprint density at radius 2 is 1.54 bits per heavy atom. The van der Waals surface area contributed by atoms with Gasteiger partial charge in [-0.25, -0.2) is 0 Å². The van der Waals surface area contributed by atoms with E-state index >= 15 is 0 Å². The molecule has 3 amide bonds. The molecule has 1 aromatic rings. The number of carbonyl (C=O) groups is 3. The van der Waals surface area contributed by atoms with Gasteiger partial charge < -0.3 is 32.3 Å². The maximum absolute atomic E-state index is 13.5. The molecule has 0 aromatic heterocycles. The zero-order chi connectivity index (χ0) is 27.4. The molecule has 0 aliphatic heterocycles. The Morgan fingerprint density at radius 1 is 0.946 bits per heavy atom. The standard InChI is InChI=1S/C26H42N8O3/c1-34(2)25(37)20(16-17-10-12-19(13-11-17)22(27)28)23(35)33-21(18-8-4-3-5-9-18)24(36)31-14-6-7-15-32-26(29)30/h10-13,18,20-21H,3-9,14-16H2,1-2H3,(H3,27,28)(H,31,36)(H,33,35)(H4,29,30,32)/t20?,21-/m0/s1. The molecule has 9 N–H and O–H groups in total. The van der Waals surface area contributed by atoms with E-state index in [4.69, 9.17) is 22.3 Å². The molecule has 2 atom stereocenters. The number of amidine groups is 1. The van der Waals surface area contributed by atoms with E-state index in [0.717, 1.165) is 44.1 Å². The average molecular weight is 515 g/mol. The van der Waals surface area contributed by atoms with Crippen LogP contribution in [0.3, 0.4) is 0 Å². The molecular formula is C26H42N8O3. The fraction of sp³-hybridized carbons (Fsp3) is 0.577. The smallest absolute Gasteiger partial charge is 0.242 e. The van der Waals surface area contributed by atoms with Gasteiger partial charge in [-0.2, -0.15) is 0 Å². The van der Waals surface area contributed by atoms with Crippen molar-refractivity contribution in [3.05, 3.63) is 35.4 Å². The van der Waals surface area contributed by atoms with Crippen LogP contribution < -0.4 is 27.4 Å². The number of nitrogens with two attached hydrogens (primary N) is 2. The highest BCUT2D eigenvalue weighted by Crippen LogP contribution is 2.27. The molecule has 204 valence electrons. The molecule has 0 heterocycles. The van der Waals surface area contributed by atoms with Crippen molar-refractivity contribution in [3.8, 4) is 0 Å². The third kappa shape index (κ3) is 9.74. The highest BCUT2D eigenvalue weighted by atomic mass is 16.2. The van der Waals surface area contributed by atoms with E-state index in [-0.39, 0.29) is 35.9 Å². The Bertz CT molecular complexity index is 942. The van der Waals surface area contributed by atoms with Crippen LogP contribution in [0.15, 0.2) is 24.3 Å². The fourth-order valence-corrected chi connectivity index (χ4v) is 4.57. The van der Waals surface area contributed by atoms with Gasteiger partial charge in [-0.1, -0.05) is 43.5 Å². The van der Waals surface area contributed by atoms with Gasteiger partial charge in [0.1, 0.15) is 17.8 Å². The van der Waals surface area contributed by atoms with Crippen molar-refractivity contribution in [2.45, 2.75) is 57.4 Å². The number of unbranched alkanes of at least 4 members (excludes halogenated alkanes) is 1. The lowest BCUT2D eigenvalue weighted by Gasteiger charge is -2.31. The van der Waals surface area contributed by atoms with E-state index in [0.29, 0.717) is 25.1 Å². The monoisotopic (exact) mass is 514 g/mol. The SMILES string of the molecule is CN(C)C(=O)C(Cc1ccc(C(=N)N)cc1)C(=O)N[C@H](C(=O)NCCCCNC(=N)N)C1CCCCC1. The molecule has 0 spiro atoms. The van der Waals surface area contributed by atoms with Crippen molar-refractivity contribution < 1.29 is 14.4 Å². The second kappa shape index (κ2) is 14.8. The van der Waals surface area contributed by atoms with E-state index in [9.17, 15) is 14.4 Å². The number of nitrogens with zero attached hydrogens (tertiary/aromatic N) is 1. The summed E-state index contributed by atoms with van der Waals surface area (Å²) in [6, 6.07) is 6.19. The van der Waals surface area contributed by atoms with Gasteiger partial charge in [0.05, 0.1) is 0 Å². The largest absolute Gasteiger partial charge is 0.384 e. The molecule has 1 saturated carbocycles. The second-order valence-corrected chi connectivity index (χ2v) is 9.82. The van der Waals surface area contributed by atoms with Crippen LogP contribution in [0.2, 0.25) is 0 Å². The number of amides is 3. The van der Waals surface area contributed by atoms with Gasteiger partial charge >= 0.3 is 0 Å². The normalized spacial score (nSPS) is 15.2. The summed E-state index contributed by atoms with van der Waals surface area (Å²) in [6.07, 6.45) is 6.42. The molecule has 1 aliphatic rings. The summed E-state index contributed by atoms with van der Waals surface area (Å²) < 4.78 is 0. The predicted octanol–water partition coefficient (Wildman–Crippen LogP) is 0.662. The molecule has 11 nitrogen and oxygen atoms in total. The number of benzene rings is 1. The van der Waals surface area contributed by atoms with Crippen molar-refractivity contribution >= 4 is 29.5 Å². The van der Waals surface area contributed by atoms with Crippen LogP contribution in [0.5, 0.6) is 0 Å². The fourth-order valence-electron chi connectivity index (χ4n) is 4.57. The molecule has 37 heavy (non-hydrogen) atoms. The summed E-state index contributed by atoms with van der Waals surface area (Å²) in [4.78, 5) is 41.0. The Balaban J connectivity index is 2.11. The molecule has 0 bridgehead atoms.